The van der Waals surface area contributed by atoms with Crippen LogP contribution in [0.3, 0.4) is 0 Å². The minimum Gasteiger partial charge on any atom is -0.481 e. The van der Waals surface area contributed by atoms with Gasteiger partial charge in [-0.3, -0.25) is 9.59 Å². The van der Waals surface area contributed by atoms with Crippen LogP contribution in [-0.4, -0.2) is 41.2 Å². The van der Waals surface area contributed by atoms with Crippen molar-refractivity contribution in [1.82, 2.24) is 5.32 Å². The van der Waals surface area contributed by atoms with E-state index in [4.69, 9.17) is 14.9 Å². The van der Waals surface area contributed by atoms with Crippen LogP contribution in [0.2, 0.25) is 0 Å². The van der Waals surface area contributed by atoms with E-state index in [2.05, 4.69) is 5.32 Å². The Morgan fingerprint density at radius 2 is 2.00 bits per heavy atom. The molecule has 0 unspecified atom stereocenters. The molecule has 1 rings (SSSR count). The predicted molar refractivity (Wildman–Crippen MR) is 68.3 cm³/mol. The van der Waals surface area contributed by atoms with Crippen LogP contribution >= 0.6 is 0 Å². The summed E-state index contributed by atoms with van der Waals surface area (Å²) in [6, 6.07) is 4.99. The summed E-state index contributed by atoms with van der Waals surface area (Å²) in [6.45, 7) is 0.318. The van der Waals surface area contributed by atoms with E-state index in [1.54, 1.807) is 18.2 Å². The van der Waals surface area contributed by atoms with E-state index in [1.165, 1.54) is 13.2 Å². The Hall–Kier alpha value is -2.41. The molecule has 20 heavy (non-hydrogen) atoms. The predicted octanol–water partition coefficient (Wildman–Crippen LogP) is 0.491. The van der Waals surface area contributed by atoms with E-state index in [-0.39, 0.29) is 5.56 Å². The van der Waals surface area contributed by atoms with E-state index >= 15 is 0 Å². The summed E-state index contributed by atoms with van der Waals surface area (Å²) < 4.78 is 4.93. The summed E-state index contributed by atoms with van der Waals surface area (Å²) in [7, 11) is 1.51. The zero-order valence-electron chi connectivity index (χ0n) is 10.8. The first-order valence-electron chi connectivity index (χ1n) is 5.77. The van der Waals surface area contributed by atoms with Crippen LogP contribution in [0.4, 0.5) is 0 Å². The number of carbonyl (C=O) groups excluding carboxylic acids is 1. The van der Waals surface area contributed by atoms with Crippen LogP contribution < -0.4 is 5.32 Å². The molecule has 0 saturated carbocycles. The van der Waals surface area contributed by atoms with Gasteiger partial charge in [0, 0.05) is 12.7 Å². The van der Waals surface area contributed by atoms with Crippen molar-refractivity contribution in [3.05, 3.63) is 35.4 Å². The van der Waals surface area contributed by atoms with Crippen molar-refractivity contribution in [2.75, 3.05) is 7.11 Å². The fourth-order valence-corrected chi connectivity index (χ4v) is 1.59. The molecule has 0 aliphatic carbocycles. The maximum atomic E-state index is 11.9. The first kappa shape index (κ1) is 15.6. The third-order valence-corrected chi connectivity index (χ3v) is 2.48. The molecular formula is C13H15NO6. The number of benzene rings is 1. The number of rotatable bonds is 7. The molecule has 0 bridgehead atoms. The Balaban J connectivity index is 2.80. The van der Waals surface area contributed by atoms with Crippen LogP contribution in [-0.2, 0) is 20.9 Å². The topological polar surface area (TPSA) is 113 Å². The first-order valence-corrected chi connectivity index (χ1v) is 5.77. The number of hydrogen-bond acceptors (Lipinski definition) is 4. The number of aliphatic carboxylic acids is 2. The Morgan fingerprint density at radius 3 is 2.55 bits per heavy atom. The number of carboxylic acid groups (broad SMARTS) is 2. The highest BCUT2D eigenvalue weighted by Crippen LogP contribution is 2.07. The second kappa shape index (κ2) is 7.25. The van der Waals surface area contributed by atoms with E-state index < -0.39 is 30.3 Å². The van der Waals surface area contributed by atoms with Gasteiger partial charge in [0.1, 0.15) is 6.04 Å². The zero-order chi connectivity index (χ0) is 15.1. The van der Waals surface area contributed by atoms with Crippen LogP contribution in [0.5, 0.6) is 0 Å². The van der Waals surface area contributed by atoms with E-state index in [9.17, 15) is 14.4 Å². The van der Waals surface area contributed by atoms with Gasteiger partial charge in [0.25, 0.3) is 5.91 Å². The zero-order valence-corrected chi connectivity index (χ0v) is 10.8. The standard InChI is InChI=1S/C13H15NO6/c1-20-7-8-3-2-4-9(5-8)12(17)14-10(13(18)19)6-11(15)16/h2-5,10H,6-7H2,1H3,(H,14,17)(H,15,16)(H,18,19)/t10-/m0/s1. The molecule has 1 aromatic carbocycles. The molecule has 7 nitrogen and oxygen atoms in total. The molecule has 0 aliphatic heterocycles. The lowest BCUT2D eigenvalue weighted by Gasteiger charge is -2.12. The summed E-state index contributed by atoms with van der Waals surface area (Å²) >= 11 is 0. The SMILES string of the molecule is COCc1cccc(C(=O)N[C@@H](CC(=O)O)C(=O)O)c1. The average molecular weight is 281 g/mol. The van der Waals surface area contributed by atoms with Gasteiger partial charge in [-0.1, -0.05) is 12.1 Å². The maximum Gasteiger partial charge on any atom is 0.326 e. The summed E-state index contributed by atoms with van der Waals surface area (Å²) in [6.07, 6.45) is -0.682. The molecule has 0 heterocycles. The summed E-state index contributed by atoms with van der Waals surface area (Å²) in [4.78, 5) is 33.3. The molecule has 3 N–H and O–H groups in total. The van der Waals surface area contributed by atoms with E-state index in [0.29, 0.717) is 6.61 Å². The van der Waals surface area contributed by atoms with E-state index in [0.717, 1.165) is 5.56 Å². The average Bonchev–Trinajstić information content (AvgIpc) is 2.38. The number of methoxy groups -OCH3 is 1. The second-order valence-corrected chi connectivity index (χ2v) is 4.10. The lowest BCUT2D eigenvalue weighted by molar-refractivity contribution is -0.145. The number of hydrogen-bond donors (Lipinski definition) is 3. The lowest BCUT2D eigenvalue weighted by atomic mass is 10.1. The van der Waals surface area contributed by atoms with Crippen molar-refractivity contribution in [3.63, 3.8) is 0 Å². The monoisotopic (exact) mass is 281 g/mol. The molecule has 7 heteroatoms. The molecule has 0 aromatic heterocycles. The van der Waals surface area contributed by atoms with Crippen molar-refractivity contribution in [2.45, 2.75) is 19.1 Å². The summed E-state index contributed by atoms with van der Waals surface area (Å²) in [5.41, 5.74) is 1.00. The first-order chi connectivity index (χ1) is 9.43. The Kier molecular flexibility index (Phi) is 5.67. The lowest BCUT2D eigenvalue weighted by Crippen LogP contribution is -2.42. The van der Waals surface area contributed by atoms with Gasteiger partial charge in [0.15, 0.2) is 0 Å². The van der Waals surface area contributed by atoms with Gasteiger partial charge in [0.05, 0.1) is 13.0 Å². The van der Waals surface area contributed by atoms with Gasteiger partial charge in [-0.05, 0) is 17.7 Å². The van der Waals surface area contributed by atoms with Gasteiger partial charge < -0.3 is 20.3 Å². The highest BCUT2D eigenvalue weighted by molar-refractivity contribution is 5.97. The number of carboxylic acids is 2. The second-order valence-electron chi connectivity index (χ2n) is 4.10. The fourth-order valence-electron chi connectivity index (χ4n) is 1.59. The third kappa shape index (κ3) is 4.69. The Morgan fingerprint density at radius 1 is 1.30 bits per heavy atom. The molecular weight excluding hydrogens is 266 g/mol. The molecule has 108 valence electrons. The van der Waals surface area contributed by atoms with Gasteiger partial charge in [-0.2, -0.15) is 0 Å². The minimum atomic E-state index is -1.47. The molecule has 0 radical (unpaired) electrons. The quantitative estimate of drug-likeness (QED) is 0.670. The van der Waals surface area contributed by atoms with Crippen molar-refractivity contribution in [2.24, 2.45) is 0 Å². The van der Waals surface area contributed by atoms with Gasteiger partial charge in [0.2, 0.25) is 0 Å². The third-order valence-electron chi connectivity index (χ3n) is 2.48. The molecule has 1 aromatic rings. The molecule has 1 atom stereocenters. The summed E-state index contributed by atoms with van der Waals surface area (Å²) in [5, 5.41) is 19.6. The fraction of sp³-hybridized carbons (Fsp3) is 0.308. The number of carbonyl (C=O) groups is 3. The molecule has 0 saturated heterocycles. The largest absolute Gasteiger partial charge is 0.481 e. The highest BCUT2D eigenvalue weighted by atomic mass is 16.5. The molecule has 1 amide bonds. The number of ether oxygens (including phenoxy) is 1. The van der Waals surface area contributed by atoms with Crippen molar-refractivity contribution < 1.29 is 29.3 Å². The van der Waals surface area contributed by atoms with Crippen LogP contribution in [0.1, 0.15) is 22.3 Å². The van der Waals surface area contributed by atoms with Crippen molar-refractivity contribution >= 4 is 17.8 Å². The highest BCUT2D eigenvalue weighted by Gasteiger charge is 2.23. The summed E-state index contributed by atoms with van der Waals surface area (Å²) in [5.74, 6) is -3.34. The smallest absolute Gasteiger partial charge is 0.326 e. The van der Waals surface area contributed by atoms with Gasteiger partial charge >= 0.3 is 11.9 Å². The number of amides is 1. The van der Waals surface area contributed by atoms with E-state index in [1.807, 2.05) is 0 Å². The maximum absolute atomic E-state index is 11.9. The van der Waals surface area contributed by atoms with Crippen LogP contribution in [0, 0.1) is 0 Å². The van der Waals surface area contributed by atoms with Crippen LogP contribution in [0.25, 0.3) is 0 Å². The molecule has 0 aliphatic rings. The Labute approximate surface area is 115 Å². The molecule has 0 spiro atoms. The van der Waals surface area contributed by atoms with Crippen LogP contribution in [0.15, 0.2) is 24.3 Å². The van der Waals surface area contributed by atoms with Crippen molar-refractivity contribution in [3.8, 4) is 0 Å². The normalized spacial score (nSPS) is 11.7. The van der Waals surface area contributed by atoms with Gasteiger partial charge in [-0.15, -0.1) is 0 Å². The molecule has 0 fully saturated rings. The van der Waals surface area contributed by atoms with Gasteiger partial charge in [-0.25, -0.2) is 4.79 Å². The minimum absolute atomic E-state index is 0.246. The number of nitrogens with one attached hydrogen (secondary N) is 1. The Bertz CT molecular complexity index is 513. The van der Waals surface area contributed by atoms with Crippen molar-refractivity contribution in [1.29, 1.82) is 0 Å².